The molecule has 0 saturated heterocycles. The summed E-state index contributed by atoms with van der Waals surface area (Å²) in [4.78, 5) is 6.73. The molecular formula is C17H17N3O. The summed E-state index contributed by atoms with van der Waals surface area (Å²) in [6.07, 6.45) is 3.89. The Morgan fingerprint density at radius 2 is 2.00 bits per heavy atom. The molecule has 4 heteroatoms. The van der Waals surface area contributed by atoms with E-state index in [9.17, 15) is 5.11 Å². The van der Waals surface area contributed by atoms with E-state index in [1.165, 1.54) is 5.39 Å². The van der Waals surface area contributed by atoms with Gasteiger partial charge in [0.05, 0.1) is 6.54 Å². The molecule has 106 valence electrons. The molecule has 1 aromatic heterocycles. The molecule has 1 N–H and O–H groups in total. The van der Waals surface area contributed by atoms with Gasteiger partial charge in [0.2, 0.25) is 0 Å². The van der Waals surface area contributed by atoms with Crippen LogP contribution in [0.1, 0.15) is 11.4 Å². The van der Waals surface area contributed by atoms with E-state index in [-0.39, 0.29) is 0 Å². The molecule has 4 nitrogen and oxygen atoms in total. The lowest BCUT2D eigenvalue weighted by Crippen LogP contribution is -2.33. The molecule has 0 fully saturated rings. The van der Waals surface area contributed by atoms with Crippen LogP contribution in [0.15, 0.2) is 48.8 Å². The van der Waals surface area contributed by atoms with Gasteiger partial charge in [0, 0.05) is 37.6 Å². The summed E-state index contributed by atoms with van der Waals surface area (Å²) >= 11 is 0. The normalized spacial score (nSPS) is 15.2. The minimum Gasteiger partial charge on any atom is -0.508 e. The Kier molecular flexibility index (Phi) is 2.89. The number of phenols is 1. The molecule has 0 radical (unpaired) electrons. The molecule has 0 bridgehead atoms. The summed E-state index contributed by atoms with van der Waals surface area (Å²) in [5.41, 5.74) is 1.01. The Labute approximate surface area is 123 Å². The maximum Gasteiger partial charge on any atom is 0.122 e. The van der Waals surface area contributed by atoms with Gasteiger partial charge < -0.3 is 9.67 Å². The highest BCUT2D eigenvalue weighted by molar-refractivity contribution is 5.87. The zero-order valence-electron chi connectivity index (χ0n) is 11.7. The molecular weight excluding hydrogens is 262 g/mol. The number of phenolic OH excluding ortho intramolecular Hbond substituents is 1. The number of nitrogens with zero attached hydrogens (tertiary/aromatic N) is 3. The van der Waals surface area contributed by atoms with Crippen LogP contribution >= 0.6 is 0 Å². The van der Waals surface area contributed by atoms with Crippen molar-refractivity contribution in [2.24, 2.45) is 0 Å². The molecule has 0 amide bonds. The molecule has 2 heterocycles. The third kappa shape index (κ3) is 2.17. The summed E-state index contributed by atoms with van der Waals surface area (Å²) in [5.74, 6) is 1.48. The van der Waals surface area contributed by atoms with Crippen LogP contribution in [0.5, 0.6) is 5.75 Å². The summed E-state index contributed by atoms with van der Waals surface area (Å²) in [7, 11) is 0. The fourth-order valence-corrected chi connectivity index (χ4v) is 3.07. The van der Waals surface area contributed by atoms with Gasteiger partial charge in [-0.1, -0.05) is 30.3 Å². The Hall–Kier alpha value is -2.33. The van der Waals surface area contributed by atoms with E-state index in [0.717, 1.165) is 43.0 Å². The summed E-state index contributed by atoms with van der Waals surface area (Å²) in [6, 6.07) is 12.0. The van der Waals surface area contributed by atoms with Crippen LogP contribution in [0.25, 0.3) is 10.8 Å². The number of fused-ring (bicyclic) bond motifs is 2. The zero-order valence-corrected chi connectivity index (χ0v) is 11.7. The first-order chi connectivity index (χ1) is 10.3. The zero-order chi connectivity index (χ0) is 14.2. The first-order valence-electron chi connectivity index (χ1n) is 7.23. The maximum atomic E-state index is 10.2. The van der Waals surface area contributed by atoms with Crippen molar-refractivity contribution in [3.05, 3.63) is 60.2 Å². The lowest BCUT2D eigenvalue weighted by atomic mass is 10.0. The maximum absolute atomic E-state index is 10.2. The van der Waals surface area contributed by atoms with Gasteiger partial charge in [0.25, 0.3) is 0 Å². The highest BCUT2D eigenvalue weighted by Gasteiger charge is 2.18. The molecule has 0 saturated carbocycles. The smallest absolute Gasteiger partial charge is 0.122 e. The number of hydrogen-bond acceptors (Lipinski definition) is 3. The second-order valence-corrected chi connectivity index (χ2v) is 5.53. The van der Waals surface area contributed by atoms with Gasteiger partial charge in [-0.2, -0.15) is 0 Å². The topological polar surface area (TPSA) is 41.3 Å². The Bertz CT molecular complexity index is 794. The van der Waals surface area contributed by atoms with Gasteiger partial charge in [-0.05, 0) is 16.8 Å². The van der Waals surface area contributed by atoms with E-state index in [0.29, 0.717) is 5.75 Å². The van der Waals surface area contributed by atoms with Crippen molar-refractivity contribution in [2.75, 3.05) is 6.54 Å². The van der Waals surface area contributed by atoms with E-state index in [4.69, 9.17) is 0 Å². The fraction of sp³-hybridized carbons (Fsp3) is 0.235. The largest absolute Gasteiger partial charge is 0.508 e. The monoisotopic (exact) mass is 279 g/mol. The number of imidazole rings is 1. The lowest BCUT2D eigenvalue weighted by molar-refractivity contribution is 0.207. The van der Waals surface area contributed by atoms with E-state index < -0.39 is 0 Å². The molecule has 0 unspecified atom stereocenters. The quantitative estimate of drug-likeness (QED) is 0.784. The van der Waals surface area contributed by atoms with Crippen LogP contribution in [-0.4, -0.2) is 26.1 Å². The van der Waals surface area contributed by atoms with Crippen molar-refractivity contribution >= 4 is 10.8 Å². The average molecular weight is 279 g/mol. The van der Waals surface area contributed by atoms with E-state index >= 15 is 0 Å². The van der Waals surface area contributed by atoms with Crippen LogP contribution in [0.4, 0.5) is 0 Å². The van der Waals surface area contributed by atoms with Crippen molar-refractivity contribution in [3.8, 4) is 5.75 Å². The van der Waals surface area contributed by atoms with Crippen molar-refractivity contribution in [3.63, 3.8) is 0 Å². The Morgan fingerprint density at radius 3 is 2.95 bits per heavy atom. The third-order valence-corrected chi connectivity index (χ3v) is 4.22. The Balaban J connectivity index is 1.67. The minimum absolute atomic E-state index is 0.377. The highest BCUT2D eigenvalue weighted by Crippen LogP contribution is 2.29. The van der Waals surface area contributed by atoms with Crippen molar-refractivity contribution in [2.45, 2.75) is 19.6 Å². The SMILES string of the molecule is Oc1ccc2ccccc2c1CN1CCn2ccnc2C1. The first kappa shape index (κ1) is 12.4. The predicted octanol–water partition coefficient (Wildman–Crippen LogP) is 2.76. The van der Waals surface area contributed by atoms with Gasteiger partial charge in [0.1, 0.15) is 11.6 Å². The summed E-state index contributed by atoms with van der Waals surface area (Å²) < 4.78 is 2.19. The van der Waals surface area contributed by atoms with Gasteiger partial charge in [-0.3, -0.25) is 4.90 Å². The van der Waals surface area contributed by atoms with Gasteiger partial charge in [-0.25, -0.2) is 4.98 Å². The summed E-state index contributed by atoms with van der Waals surface area (Å²) in [5, 5.41) is 12.5. The molecule has 1 aliphatic heterocycles. The standard InChI is InChI=1S/C17H17N3O/c21-16-6-5-13-3-1-2-4-14(13)15(16)11-19-9-10-20-8-7-18-17(20)12-19/h1-8,21H,9-12H2. The number of aromatic hydroxyl groups is 1. The predicted molar refractivity (Wildman–Crippen MR) is 82.0 cm³/mol. The number of aromatic nitrogens is 2. The minimum atomic E-state index is 0.377. The molecule has 0 atom stereocenters. The second-order valence-electron chi connectivity index (χ2n) is 5.53. The summed E-state index contributed by atoms with van der Waals surface area (Å²) in [6.45, 7) is 3.52. The second kappa shape index (κ2) is 4.90. The van der Waals surface area contributed by atoms with Gasteiger partial charge in [0.15, 0.2) is 0 Å². The van der Waals surface area contributed by atoms with E-state index in [1.54, 1.807) is 6.07 Å². The third-order valence-electron chi connectivity index (χ3n) is 4.22. The average Bonchev–Trinajstić information content (AvgIpc) is 2.98. The number of hydrogen-bond donors (Lipinski definition) is 1. The van der Waals surface area contributed by atoms with Crippen molar-refractivity contribution in [1.82, 2.24) is 14.5 Å². The molecule has 0 spiro atoms. The molecule has 21 heavy (non-hydrogen) atoms. The van der Waals surface area contributed by atoms with E-state index in [2.05, 4.69) is 26.6 Å². The molecule has 1 aliphatic rings. The van der Waals surface area contributed by atoms with Crippen LogP contribution in [0, 0.1) is 0 Å². The van der Waals surface area contributed by atoms with Crippen LogP contribution in [0.3, 0.4) is 0 Å². The van der Waals surface area contributed by atoms with Crippen molar-refractivity contribution < 1.29 is 5.11 Å². The number of benzene rings is 2. The fourth-order valence-electron chi connectivity index (χ4n) is 3.07. The lowest BCUT2D eigenvalue weighted by Gasteiger charge is -2.28. The molecule has 3 aromatic rings. The Morgan fingerprint density at radius 1 is 1.10 bits per heavy atom. The molecule has 0 aliphatic carbocycles. The van der Waals surface area contributed by atoms with Crippen LogP contribution in [0.2, 0.25) is 0 Å². The highest BCUT2D eigenvalue weighted by atomic mass is 16.3. The first-order valence-corrected chi connectivity index (χ1v) is 7.23. The van der Waals surface area contributed by atoms with E-state index in [1.807, 2.05) is 30.6 Å². The molecule has 4 rings (SSSR count). The molecule has 2 aromatic carbocycles. The van der Waals surface area contributed by atoms with Crippen LogP contribution < -0.4 is 0 Å². The number of rotatable bonds is 2. The van der Waals surface area contributed by atoms with Gasteiger partial charge in [-0.15, -0.1) is 0 Å². The van der Waals surface area contributed by atoms with Crippen molar-refractivity contribution in [1.29, 1.82) is 0 Å². The van der Waals surface area contributed by atoms with Crippen LogP contribution in [-0.2, 0) is 19.6 Å². The van der Waals surface area contributed by atoms with Gasteiger partial charge >= 0.3 is 0 Å².